The molecule has 2 aromatic rings. The highest BCUT2D eigenvalue weighted by Crippen LogP contribution is 2.32. The third-order valence-electron chi connectivity index (χ3n) is 2.38. The van der Waals surface area contributed by atoms with Crippen molar-refractivity contribution in [3.63, 3.8) is 0 Å². The Morgan fingerprint density at radius 3 is 2.72 bits per heavy atom. The number of hydrogen-bond acceptors (Lipinski definition) is 4. The molecule has 1 heterocycles. The lowest BCUT2D eigenvalue weighted by molar-refractivity contribution is 0.112. The quantitative estimate of drug-likeness (QED) is 0.640. The van der Waals surface area contributed by atoms with Crippen LogP contribution in [-0.2, 0) is 0 Å². The largest absolute Gasteiger partial charge is 0.496 e. The van der Waals surface area contributed by atoms with Crippen LogP contribution in [0.3, 0.4) is 0 Å². The van der Waals surface area contributed by atoms with Crippen molar-refractivity contribution >= 4 is 29.5 Å². The van der Waals surface area contributed by atoms with Gasteiger partial charge < -0.3 is 4.74 Å². The molecule has 18 heavy (non-hydrogen) atoms. The van der Waals surface area contributed by atoms with E-state index in [-0.39, 0.29) is 10.2 Å². The van der Waals surface area contributed by atoms with E-state index < -0.39 is 0 Å². The van der Waals surface area contributed by atoms with Crippen molar-refractivity contribution in [3.8, 4) is 17.0 Å². The van der Waals surface area contributed by atoms with Gasteiger partial charge in [-0.05, 0) is 12.1 Å². The van der Waals surface area contributed by atoms with Gasteiger partial charge in [-0.15, -0.1) is 0 Å². The van der Waals surface area contributed by atoms with Gasteiger partial charge in [0.1, 0.15) is 17.1 Å². The Morgan fingerprint density at radius 2 is 2.06 bits per heavy atom. The summed E-state index contributed by atoms with van der Waals surface area (Å²) in [6.45, 7) is 0. The van der Waals surface area contributed by atoms with Crippen molar-refractivity contribution in [2.75, 3.05) is 7.11 Å². The fraction of sp³-hybridized carbons (Fsp3) is 0.0833. The fourth-order valence-electron chi connectivity index (χ4n) is 1.51. The van der Waals surface area contributed by atoms with E-state index in [2.05, 4.69) is 9.97 Å². The predicted octanol–water partition coefficient (Wildman–Crippen LogP) is 3.27. The number of hydrogen-bond donors (Lipinski definition) is 0. The number of rotatable bonds is 3. The van der Waals surface area contributed by atoms with E-state index in [1.165, 1.54) is 13.4 Å². The minimum absolute atomic E-state index is 0.181. The summed E-state index contributed by atoms with van der Waals surface area (Å²) >= 11 is 11.9. The minimum Gasteiger partial charge on any atom is -0.496 e. The second-order valence-corrected chi connectivity index (χ2v) is 4.14. The van der Waals surface area contributed by atoms with Crippen molar-refractivity contribution in [3.05, 3.63) is 40.3 Å². The Bertz CT molecular complexity index is 603. The molecule has 0 unspecified atom stereocenters. The molecule has 0 aliphatic rings. The Hall–Kier alpha value is -1.65. The molecule has 0 N–H and O–H groups in total. The van der Waals surface area contributed by atoms with Crippen LogP contribution in [0.2, 0.25) is 10.2 Å². The van der Waals surface area contributed by atoms with Crippen molar-refractivity contribution in [2.45, 2.75) is 0 Å². The zero-order valence-electron chi connectivity index (χ0n) is 9.35. The van der Waals surface area contributed by atoms with E-state index in [0.717, 1.165) is 6.29 Å². The molecular weight excluding hydrogens is 275 g/mol. The van der Waals surface area contributed by atoms with Crippen molar-refractivity contribution in [2.24, 2.45) is 0 Å². The molecule has 1 aromatic heterocycles. The van der Waals surface area contributed by atoms with E-state index in [1.807, 2.05) is 0 Å². The number of ether oxygens (including phenoxy) is 1. The van der Waals surface area contributed by atoms with Gasteiger partial charge in [0.25, 0.3) is 0 Å². The van der Waals surface area contributed by atoms with Crippen LogP contribution >= 0.6 is 23.2 Å². The molecule has 4 nitrogen and oxygen atoms in total. The molecule has 0 aliphatic heterocycles. The highest BCUT2D eigenvalue weighted by atomic mass is 35.5. The van der Waals surface area contributed by atoms with Crippen LogP contribution in [0.1, 0.15) is 10.4 Å². The number of halogens is 2. The molecule has 1 aromatic carbocycles. The van der Waals surface area contributed by atoms with Crippen LogP contribution in [0.25, 0.3) is 11.3 Å². The third kappa shape index (κ3) is 2.30. The number of carbonyl (C=O) groups excluding carboxylic acids is 1. The summed E-state index contributed by atoms with van der Waals surface area (Å²) in [6.07, 6.45) is 2.04. The Kier molecular flexibility index (Phi) is 3.79. The van der Waals surface area contributed by atoms with Gasteiger partial charge in [0.05, 0.1) is 18.4 Å². The van der Waals surface area contributed by atoms with Gasteiger partial charge in [-0.1, -0.05) is 29.3 Å². The first kappa shape index (κ1) is 12.8. The molecule has 0 fully saturated rings. The van der Waals surface area contributed by atoms with Gasteiger partial charge in [-0.2, -0.15) is 0 Å². The molecule has 6 heteroatoms. The van der Waals surface area contributed by atoms with Crippen LogP contribution in [0.5, 0.6) is 5.75 Å². The summed E-state index contributed by atoms with van der Waals surface area (Å²) in [5.41, 5.74) is 1.65. The van der Waals surface area contributed by atoms with Crippen molar-refractivity contribution in [1.82, 2.24) is 9.97 Å². The fourth-order valence-corrected chi connectivity index (χ4v) is 1.85. The van der Waals surface area contributed by atoms with Crippen LogP contribution < -0.4 is 4.74 Å². The molecule has 0 spiro atoms. The average molecular weight is 283 g/mol. The summed E-state index contributed by atoms with van der Waals surface area (Å²) in [4.78, 5) is 18.6. The summed E-state index contributed by atoms with van der Waals surface area (Å²) in [5, 5.41) is 0.445. The lowest BCUT2D eigenvalue weighted by Crippen LogP contribution is -1.93. The minimum atomic E-state index is 0.181. The van der Waals surface area contributed by atoms with Crippen molar-refractivity contribution < 1.29 is 9.53 Å². The van der Waals surface area contributed by atoms with Crippen LogP contribution in [0.4, 0.5) is 0 Å². The normalized spacial score (nSPS) is 10.2. The lowest BCUT2D eigenvalue weighted by Gasteiger charge is -2.08. The smallest absolute Gasteiger partial charge is 0.153 e. The summed E-state index contributed by atoms with van der Waals surface area (Å²) in [5.74, 6) is 0.452. The van der Waals surface area contributed by atoms with Crippen LogP contribution in [0, 0.1) is 0 Å². The van der Waals surface area contributed by atoms with Gasteiger partial charge in [-0.25, -0.2) is 9.97 Å². The van der Waals surface area contributed by atoms with E-state index in [1.54, 1.807) is 18.2 Å². The first-order chi connectivity index (χ1) is 8.67. The standard InChI is InChI=1S/C12H8Cl2N2O2/c1-18-9-4-7(2-3-8(9)5-17)11-10(13)12(14)16-6-15-11/h2-6H,1H3. The summed E-state index contributed by atoms with van der Waals surface area (Å²) in [7, 11) is 1.49. The van der Waals surface area contributed by atoms with Gasteiger partial charge >= 0.3 is 0 Å². The average Bonchev–Trinajstić information content (AvgIpc) is 2.41. The second kappa shape index (κ2) is 5.33. The van der Waals surface area contributed by atoms with Crippen LogP contribution in [-0.4, -0.2) is 23.4 Å². The highest BCUT2D eigenvalue weighted by Gasteiger charge is 2.12. The predicted molar refractivity (Wildman–Crippen MR) is 69.4 cm³/mol. The SMILES string of the molecule is COc1cc(-c2ncnc(Cl)c2Cl)ccc1C=O. The first-order valence-corrected chi connectivity index (χ1v) is 5.72. The maximum atomic E-state index is 10.8. The van der Waals surface area contributed by atoms with Gasteiger partial charge in [0.2, 0.25) is 0 Å². The van der Waals surface area contributed by atoms with Gasteiger partial charge in [0.15, 0.2) is 11.4 Å². The first-order valence-electron chi connectivity index (χ1n) is 4.97. The number of benzene rings is 1. The van der Waals surface area contributed by atoms with Crippen molar-refractivity contribution in [1.29, 1.82) is 0 Å². The molecule has 2 rings (SSSR count). The number of carbonyl (C=O) groups is 1. The number of aromatic nitrogens is 2. The number of nitrogens with zero attached hydrogens (tertiary/aromatic N) is 2. The number of methoxy groups -OCH3 is 1. The molecule has 0 atom stereocenters. The maximum Gasteiger partial charge on any atom is 0.153 e. The number of aldehydes is 1. The third-order valence-corrected chi connectivity index (χ3v) is 3.12. The molecule has 0 bridgehead atoms. The molecule has 0 saturated heterocycles. The zero-order chi connectivity index (χ0) is 13.1. The summed E-state index contributed by atoms with van der Waals surface area (Å²) < 4.78 is 5.12. The molecule has 92 valence electrons. The molecule has 0 amide bonds. The molecular formula is C12H8Cl2N2O2. The highest BCUT2D eigenvalue weighted by molar-refractivity contribution is 6.42. The molecule has 0 radical (unpaired) electrons. The second-order valence-electron chi connectivity index (χ2n) is 3.40. The Balaban J connectivity index is 2.58. The van der Waals surface area contributed by atoms with E-state index >= 15 is 0 Å². The topological polar surface area (TPSA) is 52.1 Å². The van der Waals surface area contributed by atoms with E-state index in [9.17, 15) is 4.79 Å². The molecule has 0 aliphatic carbocycles. The van der Waals surface area contributed by atoms with Gasteiger partial charge in [0, 0.05) is 5.56 Å². The summed E-state index contributed by atoms with van der Waals surface area (Å²) in [6, 6.07) is 5.03. The van der Waals surface area contributed by atoms with E-state index in [4.69, 9.17) is 27.9 Å². The van der Waals surface area contributed by atoms with Gasteiger partial charge in [-0.3, -0.25) is 4.79 Å². The lowest BCUT2D eigenvalue weighted by atomic mass is 10.1. The zero-order valence-corrected chi connectivity index (χ0v) is 10.9. The Morgan fingerprint density at radius 1 is 1.28 bits per heavy atom. The molecule has 0 saturated carbocycles. The maximum absolute atomic E-state index is 10.8. The van der Waals surface area contributed by atoms with E-state index in [0.29, 0.717) is 22.6 Å². The van der Waals surface area contributed by atoms with Crippen LogP contribution in [0.15, 0.2) is 24.5 Å². The Labute approximate surface area is 114 Å². The monoisotopic (exact) mass is 282 g/mol.